The van der Waals surface area contributed by atoms with Gasteiger partial charge in [0.25, 0.3) is 0 Å². The van der Waals surface area contributed by atoms with Crippen molar-refractivity contribution in [2.45, 2.75) is 53.4 Å². The Kier molecular flexibility index (Phi) is 2.98. The van der Waals surface area contributed by atoms with Crippen molar-refractivity contribution >= 4 is 5.71 Å². The highest BCUT2D eigenvalue weighted by atomic mass is 14.9. The van der Waals surface area contributed by atoms with Crippen LogP contribution in [0.25, 0.3) is 0 Å². The predicted molar refractivity (Wildman–Crippen MR) is 71.0 cm³/mol. The van der Waals surface area contributed by atoms with Gasteiger partial charge >= 0.3 is 0 Å². The molecule has 0 bridgehead atoms. The van der Waals surface area contributed by atoms with Gasteiger partial charge in [0, 0.05) is 5.71 Å². The molecule has 0 aromatic heterocycles. The molecule has 0 N–H and O–H groups in total. The van der Waals surface area contributed by atoms with Gasteiger partial charge in [-0.15, -0.1) is 0 Å². The van der Waals surface area contributed by atoms with Gasteiger partial charge < -0.3 is 0 Å². The van der Waals surface area contributed by atoms with Crippen LogP contribution in [0.3, 0.4) is 0 Å². The lowest BCUT2D eigenvalue weighted by Gasteiger charge is -2.56. The van der Waals surface area contributed by atoms with E-state index >= 15 is 0 Å². The number of hydrogen-bond donors (Lipinski definition) is 0. The van der Waals surface area contributed by atoms with Gasteiger partial charge in [0.1, 0.15) is 0 Å². The monoisotopic (exact) mass is 219 g/mol. The normalized spacial score (nSPS) is 30.2. The van der Waals surface area contributed by atoms with Gasteiger partial charge in [-0.1, -0.05) is 52.7 Å². The Balaban J connectivity index is 2.13. The molecule has 0 fully saturated rings. The zero-order valence-electron chi connectivity index (χ0n) is 11.2. The van der Waals surface area contributed by atoms with E-state index in [1.165, 1.54) is 31.4 Å². The fourth-order valence-electron chi connectivity index (χ4n) is 3.24. The van der Waals surface area contributed by atoms with Gasteiger partial charge in [-0.25, -0.2) is 0 Å². The summed E-state index contributed by atoms with van der Waals surface area (Å²) >= 11 is 0. The highest BCUT2D eigenvalue weighted by molar-refractivity contribution is 6.00. The Morgan fingerprint density at radius 1 is 1.19 bits per heavy atom. The lowest BCUT2D eigenvalue weighted by atomic mass is 9.50. The first-order chi connectivity index (χ1) is 7.57. The van der Waals surface area contributed by atoms with E-state index in [2.05, 4.69) is 39.8 Å². The summed E-state index contributed by atoms with van der Waals surface area (Å²) in [5, 5.41) is 0. The summed E-state index contributed by atoms with van der Waals surface area (Å²) in [6, 6.07) is 0. The van der Waals surface area contributed by atoms with E-state index in [1.54, 1.807) is 0 Å². The van der Waals surface area contributed by atoms with Crippen molar-refractivity contribution in [1.29, 1.82) is 0 Å². The average Bonchev–Trinajstić information content (AvgIpc) is 2.15. The Morgan fingerprint density at radius 3 is 2.06 bits per heavy atom. The summed E-state index contributed by atoms with van der Waals surface area (Å²) in [7, 11) is 0. The molecule has 0 aromatic rings. The first-order valence-electron chi connectivity index (χ1n) is 6.82. The van der Waals surface area contributed by atoms with E-state index in [0.29, 0.717) is 10.8 Å². The number of nitrogens with zero attached hydrogens (tertiary/aromatic N) is 1. The standard InChI is InChI=1S/C15H25N/c1-5-7-12(8-6-2)13-15(11-16-13)10-9-14(15,3)4/h9-10,12H,5-8,11H2,1-4H3. The van der Waals surface area contributed by atoms with Crippen molar-refractivity contribution < 1.29 is 0 Å². The molecule has 1 atom stereocenters. The van der Waals surface area contributed by atoms with Crippen LogP contribution in [0.15, 0.2) is 17.1 Å². The fraction of sp³-hybridized carbons (Fsp3) is 0.800. The minimum atomic E-state index is 0.349. The molecule has 1 unspecified atom stereocenters. The van der Waals surface area contributed by atoms with Crippen LogP contribution < -0.4 is 0 Å². The maximum atomic E-state index is 4.74. The summed E-state index contributed by atoms with van der Waals surface area (Å²) in [6.45, 7) is 10.3. The predicted octanol–water partition coefficient (Wildman–Crippen LogP) is 4.24. The first kappa shape index (κ1) is 11.9. The Morgan fingerprint density at radius 2 is 1.81 bits per heavy atom. The lowest BCUT2D eigenvalue weighted by molar-refractivity contribution is 0.198. The van der Waals surface area contributed by atoms with Gasteiger partial charge in [-0.05, 0) is 24.2 Å². The van der Waals surface area contributed by atoms with E-state index in [9.17, 15) is 0 Å². The van der Waals surface area contributed by atoms with Gasteiger partial charge in [-0.3, -0.25) is 4.99 Å². The zero-order chi connectivity index (χ0) is 11.8. The molecule has 1 heterocycles. The van der Waals surface area contributed by atoms with Crippen LogP contribution in [0.1, 0.15) is 53.4 Å². The van der Waals surface area contributed by atoms with Gasteiger partial charge in [0.2, 0.25) is 0 Å². The maximum absolute atomic E-state index is 4.74. The molecule has 1 heteroatoms. The smallest absolute Gasteiger partial charge is 0.0545 e. The molecule has 1 aliphatic heterocycles. The van der Waals surface area contributed by atoms with Crippen LogP contribution in [0.4, 0.5) is 0 Å². The van der Waals surface area contributed by atoms with Crippen molar-refractivity contribution in [3.8, 4) is 0 Å². The second kappa shape index (κ2) is 4.01. The van der Waals surface area contributed by atoms with Gasteiger partial charge in [0.15, 0.2) is 0 Å². The molecule has 0 amide bonds. The van der Waals surface area contributed by atoms with Crippen LogP contribution in [0.5, 0.6) is 0 Å². The quantitative estimate of drug-likeness (QED) is 0.613. The van der Waals surface area contributed by atoms with Crippen molar-refractivity contribution in [2.75, 3.05) is 6.54 Å². The zero-order valence-corrected chi connectivity index (χ0v) is 11.2. The molecule has 16 heavy (non-hydrogen) atoms. The topological polar surface area (TPSA) is 12.4 Å². The third-order valence-electron chi connectivity index (χ3n) is 4.55. The summed E-state index contributed by atoms with van der Waals surface area (Å²) in [6.07, 6.45) is 9.97. The third kappa shape index (κ3) is 1.48. The highest BCUT2D eigenvalue weighted by Crippen LogP contribution is 2.56. The second-order valence-corrected chi connectivity index (χ2v) is 6.00. The minimum Gasteiger partial charge on any atom is -0.291 e. The van der Waals surface area contributed by atoms with Crippen molar-refractivity contribution in [3.63, 3.8) is 0 Å². The van der Waals surface area contributed by atoms with E-state index in [4.69, 9.17) is 4.99 Å². The Hall–Kier alpha value is -0.590. The van der Waals surface area contributed by atoms with E-state index in [0.717, 1.165) is 12.5 Å². The van der Waals surface area contributed by atoms with Crippen LogP contribution in [-0.4, -0.2) is 12.3 Å². The average molecular weight is 219 g/mol. The SMILES string of the molecule is CCCC(CCC)C1=NCC12C=CC2(C)C. The molecule has 1 aliphatic carbocycles. The Labute approximate surface area is 100 Å². The third-order valence-corrected chi connectivity index (χ3v) is 4.55. The van der Waals surface area contributed by atoms with Gasteiger partial charge in [0.05, 0.1) is 12.0 Å². The van der Waals surface area contributed by atoms with Crippen LogP contribution in [-0.2, 0) is 0 Å². The highest BCUT2D eigenvalue weighted by Gasteiger charge is 2.56. The molecule has 2 aliphatic rings. The van der Waals surface area contributed by atoms with E-state index < -0.39 is 0 Å². The number of hydrogen-bond acceptors (Lipinski definition) is 1. The minimum absolute atomic E-state index is 0.349. The van der Waals surface area contributed by atoms with Crippen LogP contribution in [0.2, 0.25) is 0 Å². The van der Waals surface area contributed by atoms with E-state index in [1.807, 2.05) is 0 Å². The summed E-state index contributed by atoms with van der Waals surface area (Å²) < 4.78 is 0. The molecule has 0 aromatic carbocycles. The molecular formula is C15H25N. The number of allylic oxidation sites excluding steroid dienone is 1. The Bertz CT molecular complexity index is 318. The molecule has 2 rings (SSSR count). The van der Waals surface area contributed by atoms with Crippen molar-refractivity contribution in [2.24, 2.45) is 21.7 Å². The summed E-state index contributed by atoms with van der Waals surface area (Å²) in [5.41, 5.74) is 2.22. The number of aliphatic imine (C=N–C) groups is 1. The fourth-order valence-corrected chi connectivity index (χ4v) is 3.24. The second-order valence-electron chi connectivity index (χ2n) is 6.00. The lowest BCUT2D eigenvalue weighted by Crippen LogP contribution is -2.57. The summed E-state index contributed by atoms with van der Waals surface area (Å²) in [5.74, 6) is 0.743. The largest absolute Gasteiger partial charge is 0.291 e. The molecule has 90 valence electrons. The van der Waals surface area contributed by atoms with Crippen molar-refractivity contribution in [1.82, 2.24) is 0 Å². The van der Waals surface area contributed by atoms with Crippen LogP contribution >= 0.6 is 0 Å². The van der Waals surface area contributed by atoms with Gasteiger partial charge in [-0.2, -0.15) is 0 Å². The number of rotatable bonds is 5. The molecule has 1 spiro atoms. The molecule has 0 saturated heterocycles. The van der Waals surface area contributed by atoms with Crippen molar-refractivity contribution in [3.05, 3.63) is 12.2 Å². The van der Waals surface area contributed by atoms with Crippen LogP contribution in [0, 0.1) is 16.7 Å². The molecular weight excluding hydrogens is 194 g/mol. The molecule has 0 saturated carbocycles. The van der Waals surface area contributed by atoms with E-state index in [-0.39, 0.29) is 0 Å². The molecule has 1 nitrogen and oxygen atoms in total. The molecule has 0 radical (unpaired) electrons. The first-order valence-corrected chi connectivity index (χ1v) is 6.82. The summed E-state index contributed by atoms with van der Waals surface area (Å²) in [4.78, 5) is 4.74. The maximum Gasteiger partial charge on any atom is 0.0545 e.